The van der Waals surface area contributed by atoms with Crippen molar-refractivity contribution < 1.29 is 0 Å². The van der Waals surface area contributed by atoms with E-state index >= 15 is 0 Å². The maximum atomic E-state index is 9.24. The van der Waals surface area contributed by atoms with Gasteiger partial charge in [0, 0.05) is 13.1 Å². The van der Waals surface area contributed by atoms with Crippen LogP contribution in [0.15, 0.2) is 30.3 Å². The number of hydrogen-bond donors (Lipinski definition) is 1. The first-order chi connectivity index (χ1) is 8.79. The lowest BCUT2D eigenvalue weighted by Crippen LogP contribution is -2.28. The number of benzene rings is 1. The van der Waals surface area contributed by atoms with Gasteiger partial charge in [-0.2, -0.15) is 5.26 Å². The van der Waals surface area contributed by atoms with Crippen molar-refractivity contribution in [1.82, 2.24) is 5.32 Å². The third-order valence-electron chi connectivity index (χ3n) is 3.94. The molecule has 96 valence electrons. The minimum Gasteiger partial charge on any atom is -0.315 e. The smallest absolute Gasteiger partial charge is 0.0837 e. The van der Waals surface area contributed by atoms with Crippen LogP contribution >= 0.6 is 0 Å². The third-order valence-corrected chi connectivity index (χ3v) is 3.94. The fraction of sp³-hybridized carbons (Fsp3) is 0.562. The average molecular weight is 242 g/mol. The van der Waals surface area contributed by atoms with Gasteiger partial charge in [-0.3, -0.25) is 0 Å². The lowest BCUT2D eigenvalue weighted by Gasteiger charge is -2.17. The molecular formula is C16H22N2. The summed E-state index contributed by atoms with van der Waals surface area (Å²) in [5, 5.41) is 12.7. The molecule has 0 aliphatic heterocycles. The Balaban J connectivity index is 1.80. The molecule has 1 saturated carbocycles. The Morgan fingerprint density at radius 2 is 2.06 bits per heavy atom. The van der Waals surface area contributed by atoms with Crippen molar-refractivity contribution in [1.29, 1.82) is 5.26 Å². The molecule has 0 radical (unpaired) electrons. The molecule has 1 aliphatic rings. The minimum absolute atomic E-state index is 0.0244. The molecule has 1 aromatic rings. The molecule has 0 bridgehead atoms. The quantitative estimate of drug-likeness (QED) is 0.794. The van der Waals surface area contributed by atoms with E-state index in [-0.39, 0.29) is 5.92 Å². The van der Waals surface area contributed by atoms with Crippen LogP contribution in [0.1, 0.15) is 44.1 Å². The summed E-state index contributed by atoms with van der Waals surface area (Å²) in [7, 11) is 0. The van der Waals surface area contributed by atoms with E-state index in [9.17, 15) is 5.26 Å². The van der Waals surface area contributed by atoms with Crippen LogP contribution < -0.4 is 5.32 Å². The molecule has 1 aliphatic carbocycles. The second kappa shape index (κ2) is 6.02. The van der Waals surface area contributed by atoms with Gasteiger partial charge >= 0.3 is 0 Å². The summed E-state index contributed by atoms with van der Waals surface area (Å²) in [4.78, 5) is 0. The largest absolute Gasteiger partial charge is 0.315 e. The van der Waals surface area contributed by atoms with Crippen LogP contribution in [-0.4, -0.2) is 13.1 Å². The average Bonchev–Trinajstić information content (AvgIpc) is 3.16. The summed E-state index contributed by atoms with van der Waals surface area (Å²) >= 11 is 0. The Bertz CT molecular complexity index is 401. The second-order valence-electron chi connectivity index (χ2n) is 5.47. The van der Waals surface area contributed by atoms with Crippen LogP contribution in [0, 0.1) is 16.7 Å². The van der Waals surface area contributed by atoms with Crippen LogP contribution in [0.4, 0.5) is 0 Å². The monoisotopic (exact) mass is 242 g/mol. The minimum atomic E-state index is -0.0244. The second-order valence-corrected chi connectivity index (χ2v) is 5.47. The van der Waals surface area contributed by atoms with Gasteiger partial charge in [0.15, 0.2) is 0 Å². The number of nitrogens with one attached hydrogen (secondary N) is 1. The predicted octanol–water partition coefficient (Wildman–Crippen LogP) is 3.46. The van der Waals surface area contributed by atoms with Crippen molar-refractivity contribution in [3.63, 3.8) is 0 Å². The van der Waals surface area contributed by atoms with Gasteiger partial charge in [-0.05, 0) is 30.2 Å². The van der Waals surface area contributed by atoms with Crippen molar-refractivity contribution in [2.24, 2.45) is 5.41 Å². The molecule has 1 aromatic carbocycles. The summed E-state index contributed by atoms with van der Waals surface area (Å²) in [6.07, 6.45) is 5.30. The first-order valence-corrected chi connectivity index (χ1v) is 6.95. The van der Waals surface area contributed by atoms with Crippen molar-refractivity contribution in [2.45, 2.75) is 38.5 Å². The fourth-order valence-corrected chi connectivity index (χ4v) is 2.63. The predicted molar refractivity (Wildman–Crippen MR) is 74.2 cm³/mol. The van der Waals surface area contributed by atoms with Gasteiger partial charge in [0.1, 0.15) is 0 Å². The zero-order chi connectivity index (χ0) is 12.8. The number of rotatable bonds is 7. The summed E-state index contributed by atoms with van der Waals surface area (Å²) in [6, 6.07) is 12.5. The normalized spacial score (nSPS) is 18.0. The molecular weight excluding hydrogens is 220 g/mol. The topological polar surface area (TPSA) is 35.8 Å². The Kier molecular flexibility index (Phi) is 4.38. The molecule has 1 N–H and O–H groups in total. The molecule has 0 heterocycles. The molecule has 1 atom stereocenters. The fourth-order valence-electron chi connectivity index (χ4n) is 2.63. The standard InChI is InChI=1S/C16H22N2/c1-2-8-16(9-10-16)13-18-12-15(11-17)14-6-4-3-5-7-14/h3-7,15,18H,2,8-10,12-13H2,1H3. The maximum absolute atomic E-state index is 9.24. The van der Waals surface area contributed by atoms with Gasteiger partial charge in [-0.15, -0.1) is 0 Å². The summed E-state index contributed by atoms with van der Waals surface area (Å²) < 4.78 is 0. The Morgan fingerprint density at radius 3 is 2.61 bits per heavy atom. The van der Waals surface area contributed by atoms with E-state index in [1.54, 1.807) is 0 Å². The van der Waals surface area contributed by atoms with Crippen LogP contribution in [0.5, 0.6) is 0 Å². The molecule has 18 heavy (non-hydrogen) atoms. The van der Waals surface area contributed by atoms with Gasteiger partial charge in [-0.25, -0.2) is 0 Å². The lowest BCUT2D eigenvalue weighted by atomic mass is 9.98. The molecule has 0 aromatic heterocycles. The first kappa shape index (κ1) is 13.1. The molecule has 1 fully saturated rings. The van der Waals surface area contributed by atoms with Gasteiger partial charge in [0.25, 0.3) is 0 Å². The van der Waals surface area contributed by atoms with Gasteiger partial charge < -0.3 is 5.32 Å². The number of hydrogen-bond acceptors (Lipinski definition) is 2. The van der Waals surface area contributed by atoms with Crippen molar-refractivity contribution >= 4 is 0 Å². The van der Waals surface area contributed by atoms with Crippen LogP contribution in [0.25, 0.3) is 0 Å². The molecule has 0 spiro atoms. The van der Waals surface area contributed by atoms with E-state index in [0.717, 1.165) is 18.7 Å². The van der Waals surface area contributed by atoms with Gasteiger partial charge in [-0.1, -0.05) is 43.7 Å². The summed E-state index contributed by atoms with van der Waals surface area (Å²) in [5.74, 6) is -0.0244. The highest BCUT2D eigenvalue weighted by molar-refractivity contribution is 5.25. The van der Waals surface area contributed by atoms with Gasteiger partial charge in [0.2, 0.25) is 0 Å². The van der Waals surface area contributed by atoms with Crippen molar-refractivity contribution in [3.05, 3.63) is 35.9 Å². The summed E-state index contributed by atoms with van der Waals surface area (Å²) in [5.41, 5.74) is 1.68. The Labute approximate surface area is 110 Å². The van der Waals surface area contributed by atoms with Gasteiger partial charge in [0.05, 0.1) is 12.0 Å². The van der Waals surface area contributed by atoms with E-state index in [1.807, 2.05) is 30.3 Å². The molecule has 2 heteroatoms. The van der Waals surface area contributed by atoms with Crippen LogP contribution in [0.3, 0.4) is 0 Å². The summed E-state index contributed by atoms with van der Waals surface area (Å²) in [6.45, 7) is 4.10. The third kappa shape index (κ3) is 3.34. The Hall–Kier alpha value is -1.33. The Morgan fingerprint density at radius 1 is 1.33 bits per heavy atom. The molecule has 1 unspecified atom stereocenters. The zero-order valence-corrected chi connectivity index (χ0v) is 11.2. The highest BCUT2D eigenvalue weighted by Gasteiger charge is 2.40. The maximum Gasteiger partial charge on any atom is 0.0837 e. The number of nitrogens with zero attached hydrogens (tertiary/aromatic N) is 1. The highest BCUT2D eigenvalue weighted by atomic mass is 14.9. The van der Waals surface area contributed by atoms with E-state index in [2.05, 4.69) is 18.3 Å². The van der Waals surface area contributed by atoms with Crippen molar-refractivity contribution in [2.75, 3.05) is 13.1 Å². The highest BCUT2D eigenvalue weighted by Crippen LogP contribution is 2.48. The molecule has 0 saturated heterocycles. The van der Waals surface area contributed by atoms with Crippen molar-refractivity contribution in [3.8, 4) is 6.07 Å². The molecule has 2 nitrogen and oxygen atoms in total. The first-order valence-electron chi connectivity index (χ1n) is 6.95. The van der Waals surface area contributed by atoms with E-state index in [4.69, 9.17) is 0 Å². The van der Waals surface area contributed by atoms with Crippen LogP contribution in [0.2, 0.25) is 0 Å². The number of nitriles is 1. The molecule has 0 amide bonds. The van der Waals surface area contributed by atoms with Crippen LogP contribution in [-0.2, 0) is 0 Å². The van der Waals surface area contributed by atoms with E-state index in [0.29, 0.717) is 5.41 Å². The van der Waals surface area contributed by atoms with E-state index < -0.39 is 0 Å². The molecule has 2 rings (SSSR count). The zero-order valence-electron chi connectivity index (χ0n) is 11.2. The van der Waals surface area contributed by atoms with E-state index in [1.165, 1.54) is 25.7 Å². The SMILES string of the molecule is CCCC1(CNCC(C#N)c2ccccc2)CC1. The lowest BCUT2D eigenvalue weighted by molar-refractivity contribution is 0.419.